The number of nitrogens with zero attached hydrogens (tertiary/aromatic N) is 4. The summed E-state index contributed by atoms with van der Waals surface area (Å²) in [6.07, 6.45) is 4.49. The number of amides is 1. The molecule has 3 rings (SSSR count). The third kappa shape index (κ3) is 2.71. The molecule has 7 heteroatoms. The number of carbonyl (C=O) groups excluding carboxylic acids is 1. The van der Waals surface area contributed by atoms with Crippen LogP contribution in [0.25, 0.3) is 5.69 Å². The Bertz CT molecular complexity index is 753. The number of aromatic hydroxyl groups is 1. The van der Waals surface area contributed by atoms with Crippen LogP contribution < -0.4 is 5.32 Å². The van der Waals surface area contributed by atoms with E-state index in [0.717, 1.165) is 5.69 Å². The molecule has 104 valence electrons. The van der Waals surface area contributed by atoms with Crippen LogP contribution in [0.3, 0.4) is 0 Å². The van der Waals surface area contributed by atoms with Gasteiger partial charge in [-0.3, -0.25) is 4.79 Å². The minimum atomic E-state index is -0.353. The fourth-order valence-electron chi connectivity index (χ4n) is 1.78. The Hall–Kier alpha value is -3.22. The van der Waals surface area contributed by atoms with Crippen LogP contribution in [0.2, 0.25) is 0 Å². The van der Waals surface area contributed by atoms with Crippen molar-refractivity contribution in [2.75, 3.05) is 5.32 Å². The summed E-state index contributed by atoms with van der Waals surface area (Å²) in [5.74, 6) is -0.304. The van der Waals surface area contributed by atoms with Crippen LogP contribution in [-0.4, -0.2) is 30.8 Å². The highest BCUT2D eigenvalue weighted by Gasteiger charge is 2.09. The largest absolute Gasteiger partial charge is 0.504 e. The van der Waals surface area contributed by atoms with Crippen molar-refractivity contribution in [1.82, 2.24) is 19.7 Å². The summed E-state index contributed by atoms with van der Waals surface area (Å²) in [4.78, 5) is 19.8. The monoisotopic (exact) mass is 281 g/mol. The van der Waals surface area contributed by atoms with Gasteiger partial charge in [-0.1, -0.05) is 0 Å². The van der Waals surface area contributed by atoms with E-state index in [1.54, 1.807) is 41.3 Å². The maximum atomic E-state index is 12.1. The normalized spacial score (nSPS) is 10.3. The summed E-state index contributed by atoms with van der Waals surface area (Å²) < 4.78 is 1.59. The molecular weight excluding hydrogens is 270 g/mol. The van der Waals surface area contributed by atoms with Crippen molar-refractivity contribution >= 4 is 11.7 Å². The van der Waals surface area contributed by atoms with Crippen molar-refractivity contribution in [3.05, 3.63) is 60.8 Å². The van der Waals surface area contributed by atoms with Crippen LogP contribution in [0.1, 0.15) is 10.4 Å². The SMILES string of the molecule is O=C(Nc1ncccc1O)c1ccc(-n2cncn2)cc1. The van der Waals surface area contributed by atoms with E-state index in [9.17, 15) is 9.90 Å². The van der Waals surface area contributed by atoms with Crippen LogP contribution >= 0.6 is 0 Å². The quantitative estimate of drug-likeness (QED) is 0.761. The second-order valence-corrected chi connectivity index (χ2v) is 4.21. The van der Waals surface area contributed by atoms with Gasteiger partial charge in [0.1, 0.15) is 12.7 Å². The first kappa shape index (κ1) is 12.8. The lowest BCUT2D eigenvalue weighted by atomic mass is 10.2. The van der Waals surface area contributed by atoms with Crippen LogP contribution in [0, 0.1) is 0 Å². The number of anilines is 1. The predicted octanol–water partition coefficient (Wildman–Crippen LogP) is 1.62. The molecule has 2 heterocycles. The molecule has 0 aliphatic rings. The average Bonchev–Trinajstić information content (AvgIpc) is 3.04. The van der Waals surface area contributed by atoms with Crippen molar-refractivity contribution in [1.29, 1.82) is 0 Å². The van der Waals surface area contributed by atoms with Crippen molar-refractivity contribution < 1.29 is 9.90 Å². The molecule has 1 amide bonds. The molecule has 2 N–H and O–H groups in total. The van der Waals surface area contributed by atoms with E-state index < -0.39 is 0 Å². The third-order valence-electron chi connectivity index (χ3n) is 2.83. The summed E-state index contributed by atoms with van der Waals surface area (Å²) in [5.41, 5.74) is 1.24. The third-order valence-corrected chi connectivity index (χ3v) is 2.83. The summed E-state index contributed by atoms with van der Waals surface area (Å²) in [6.45, 7) is 0. The van der Waals surface area contributed by atoms with Gasteiger partial charge >= 0.3 is 0 Å². The van der Waals surface area contributed by atoms with Gasteiger partial charge in [0.2, 0.25) is 0 Å². The second-order valence-electron chi connectivity index (χ2n) is 4.21. The van der Waals surface area contributed by atoms with Gasteiger partial charge in [0.25, 0.3) is 5.91 Å². The van der Waals surface area contributed by atoms with Crippen molar-refractivity contribution in [2.24, 2.45) is 0 Å². The Morgan fingerprint density at radius 1 is 1.19 bits per heavy atom. The van der Waals surface area contributed by atoms with E-state index in [2.05, 4.69) is 20.4 Å². The zero-order valence-corrected chi connectivity index (χ0v) is 10.8. The molecular formula is C14H11N5O2. The molecule has 0 spiro atoms. The van der Waals surface area contributed by atoms with Gasteiger partial charge in [-0.25, -0.2) is 14.6 Å². The average molecular weight is 281 g/mol. The second kappa shape index (κ2) is 5.41. The van der Waals surface area contributed by atoms with E-state index in [-0.39, 0.29) is 17.5 Å². The van der Waals surface area contributed by atoms with Gasteiger partial charge in [-0.2, -0.15) is 5.10 Å². The summed E-state index contributed by atoms with van der Waals surface area (Å²) in [7, 11) is 0. The van der Waals surface area contributed by atoms with Gasteiger partial charge in [0.05, 0.1) is 5.69 Å². The molecule has 0 aliphatic carbocycles. The van der Waals surface area contributed by atoms with Crippen LogP contribution in [-0.2, 0) is 0 Å². The molecule has 3 aromatic rings. The van der Waals surface area contributed by atoms with Gasteiger partial charge in [-0.15, -0.1) is 0 Å². The van der Waals surface area contributed by atoms with Gasteiger partial charge in [-0.05, 0) is 36.4 Å². The van der Waals surface area contributed by atoms with Crippen molar-refractivity contribution in [3.8, 4) is 11.4 Å². The first-order valence-corrected chi connectivity index (χ1v) is 6.14. The van der Waals surface area contributed by atoms with Gasteiger partial charge in [0, 0.05) is 11.8 Å². The van der Waals surface area contributed by atoms with Gasteiger partial charge < -0.3 is 10.4 Å². The number of nitrogens with one attached hydrogen (secondary N) is 1. The standard InChI is InChI=1S/C14H11N5O2/c20-12-2-1-7-16-13(12)18-14(21)10-3-5-11(6-4-10)19-9-15-8-17-19/h1-9,20H,(H,16,18,21). The smallest absolute Gasteiger partial charge is 0.256 e. The van der Waals surface area contributed by atoms with E-state index in [1.807, 2.05) is 0 Å². The molecule has 0 atom stereocenters. The Morgan fingerprint density at radius 2 is 2.00 bits per heavy atom. The lowest BCUT2D eigenvalue weighted by molar-refractivity contribution is 0.102. The lowest BCUT2D eigenvalue weighted by Crippen LogP contribution is -2.13. The maximum Gasteiger partial charge on any atom is 0.256 e. The Balaban J connectivity index is 1.78. The number of pyridine rings is 1. The van der Waals surface area contributed by atoms with E-state index in [0.29, 0.717) is 5.56 Å². The number of carbonyl (C=O) groups is 1. The molecule has 0 saturated carbocycles. The minimum Gasteiger partial charge on any atom is -0.504 e. The Morgan fingerprint density at radius 3 is 2.67 bits per heavy atom. The number of benzene rings is 1. The molecule has 21 heavy (non-hydrogen) atoms. The molecule has 0 radical (unpaired) electrons. The zero-order valence-electron chi connectivity index (χ0n) is 10.8. The topological polar surface area (TPSA) is 92.9 Å². The molecule has 0 unspecified atom stereocenters. The number of rotatable bonds is 3. The molecule has 0 aliphatic heterocycles. The van der Waals surface area contributed by atoms with Gasteiger partial charge in [0.15, 0.2) is 11.6 Å². The molecule has 0 fully saturated rings. The molecule has 0 bridgehead atoms. The fraction of sp³-hybridized carbons (Fsp3) is 0. The Labute approximate surface area is 119 Å². The van der Waals surface area contributed by atoms with Crippen LogP contribution in [0.15, 0.2) is 55.2 Å². The van der Waals surface area contributed by atoms with Crippen molar-refractivity contribution in [2.45, 2.75) is 0 Å². The number of hydrogen-bond acceptors (Lipinski definition) is 5. The number of aromatic nitrogens is 4. The summed E-state index contributed by atoms with van der Waals surface area (Å²) >= 11 is 0. The van der Waals surface area contributed by atoms with Crippen LogP contribution in [0.5, 0.6) is 5.75 Å². The first-order valence-electron chi connectivity index (χ1n) is 6.14. The summed E-state index contributed by atoms with van der Waals surface area (Å²) in [6, 6.07) is 9.86. The predicted molar refractivity (Wildman–Crippen MR) is 75.2 cm³/mol. The highest BCUT2D eigenvalue weighted by atomic mass is 16.3. The highest BCUT2D eigenvalue weighted by molar-refractivity contribution is 6.04. The van der Waals surface area contributed by atoms with E-state index in [4.69, 9.17) is 0 Å². The van der Waals surface area contributed by atoms with E-state index in [1.165, 1.54) is 18.6 Å². The molecule has 7 nitrogen and oxygen atoms in total. The minimum absolute atomic E-state index is 0.0786. The summed E-state index contributed by atoms with van der Waals surface area (Å²) in [5, 5.41) is 16.1. The molecule has 0 saturated heterocycles. The highest BCUT2D eigenvalue weighted by Crippen LogP contribution is 2.19. The first-order chi connectivity index (χ1) is 10.2. The zero-order chi connectivity index (χ0) is 14.7. The maximum absolute atomic E-state index is 12.1. The molecule has 1 aromatic carbocycles. The fourth-order valence-corrected chi connectivity index (χ4v) is 1.78. The number of hydrogen-bond donors (Lipinski definition) is 2. The van der Waals surface area contributed by atoms with E-state index >= 15 is 0 Å². The molecule has 2 aromatic heterocycles. The van der Waals surface area contributed by atoms with Crippen molar-refractivity contribution in [3.63, 3.8) is 0 Å². The van der Waals surface area contributed by atoms with Crippen LogP contribution in [0.4, 0.5) is 5.82 Å². The lowest BCUT2D eigenvalue weighted by Gasteiger charge is -2.06. The Kier molecular flexibility index (Phi) is 3.30.